The van der Waals surface area contributed by atoms with Crippen LogP contribution >= 0.6 is 0 Å². The molecule has 0 spiro atoms. The summed E-state index contributed by atoms with van der Waals surface area (Å²) in [6, 6.07) is 5.76. The number of likely N-dealkylation sites (N-methyl/N-ethyl adjacent to an activating group) is 1. The van der Waals surface area contributed by atoms with E-state index < -0.39 is 29.7 Å². The molecule has 12 heteroatoms. The number of benzene rings is 1. The number of alkyl halides is 3. The van der Waals surface area contributed by atoms with E-state index in [1.807, 2.05) is 16.8 Å². The van der Waals surface area contributed by atoms with Gasteiger partial charge in [0.05, 0.1) is 6.04 Å². The van der Waals surface area contributed by atoms with Gasteiger partial charge in [0.2, 0.25) is 0 Å². The van der Waals surface area contributed by atoms with Gasteiger partial charge in [-0.2, -0.15) is 13.2 Å². The molecule has 1 aromatic heterocycles. The lowest BCUT2D eigenvalue weighted by atomic mass is 10.0. The highest BCUT2D eigenvalue weighted by Crippen LogP contribution is 2.33. The molecule has 2 atom stereocenters. The molecule has 5 rings (SSSR count). The van der Waals surface area contributed by atoms with Crippen LogP contribution in [0.3, 0.4) is 0 Å². The first-order valence-corrected chi connectivity index (χ1v) is 11.6. The molecule has 0 radical (unpaired) electrons. The first kappa shape index (κ1) is 24.3. The number of pyridine rings is 1. The molecule has 1 aromatic carbocycles. The van der Waals surface area contributed by atoms with E-state index in [1.54, 1.807) is 12.3 Å². The van der Waals surface area contributed by atoms with Gasteiger partial charge < -0.3 is 20.3 Å². The summed E-state index contributed by atoms with van der Waals surface area (Å²) >= 11 is 0. The van der Waals surface area contributed by atoms with Gasteiger partial charge in [0.25, 0.3) is 0 Å². The van der Waals surface area contributed by atoms with Gasteiger partial charge in [0, 0.05) is 43.3 Å². The van der Waals surface area contributed by atoms with Crippen molar-refractivity contribution in [3.8, 4) is 0 Å². The number of anilines is 1. The molecule has 2 N–H and O–H groups in total. The Morgan fingerprint density at radius 2 is 1.81 bits per heavy atom. The van der Waals surface area contributed by atoms with Crippen molar-refractivity contribution in [3.63, 3.8) is 0 Å². The van der Waals surface area contributed by atoms with E-state index in [1.165, 1.54) is 18.3 Å². The van der Waals surface area contributed by atoms with Crippen molar-refractivity contribution in [1.29, 1.82) is 0 Å². The highest BCUT2D eigenvalue weighted by Gasteiger charge is 2.36. The Morgan fingerprint density at radius 3 is 2.50 bits per heavy atom. The monoisotopic (exact) mass is 508 g/mol. The third-order valence-corrected chi connectivity index (χ3v) is 6.65. The maximum Gasteiger partial charge on any atom is 0.433 e. The Kier molecular flexibility index (Phi) is 6.45. The topological polar surface area (TPSA) is 65.0 Å². The largest absolute Gasteiger partial charge is 0.491 e. The molecule has 3 aliphatic heterocycles. The van der Waals surface area contributed by atoms with Gasteiger partial charge in [0.15, 0.2) is 17.9 Å². The molecular weight excluding hydrogens is 483 g/mol. The van der Waals surface area contributed by atoms with E-state index in [0.717, 1.165) is 12.1 Å². The van der Waals surface area contributed by atoms with Crippen molar-refractivity contribution in [2.75, 3.05) is 31.6 Å². The molecule has 0 bridgehead atoms. The number of aromatic nitrogens is 1. The maximum atomic E-state index is 13.8. The molecule has 2 fully saturated rings. The van der Waals surface area contributed by atoms with E-state index in [2.05, 4.69) is 15.6 Å². The van der Waals surface area contributed by atoms with E-state index in [4.69, 9.17) is 9.73 Å². The zero-order valence-corrected chi connectivity index (χ0v) is 19.4. The van der Waals surface area contributed by atoms with Crippen LogP contribution in [0.4, 0.5) is 27.6 Å². The standard InChI is InChI=1S/C24H25F5N6O/c1-34-19(14-8-15(25)10-16(26)9-14)13-36-20-12-31-23(33-22(20)34)32-17-3-6-35(7-4-17)18-2-5-30-21(11-18)24(27,28)29/h2,5,8-12,17,19,22H,3-4,6-7,13H2,1H3,(H2,31,32,33). The fourth-order valence-corrected chi connectivity index (χ4v) is 4.73. The predicted octanol–water partition coefficient (Wildman–Crippen LogP) is 3.77. The number of nitrogens with one attached hydrogen (secondary N) is 2. The van der Waals surface area contributed by atoms with E-state index >= 15 is 0 Å². The van der Waals surface area contributed by atoms with E-state index in [9.17, 15) is 22.0 Å². The minimum absolute atomic E-state index is 0.0642. The highest BCUT2D eigenvalue weighted by atomic mass is 19.4. The molecule has 0 aliphatic carbocycles. The first-order valence-electron chi connectivity index (χ1n) is 11.6. The molecule has 2 unspecified atom stereocenters. The molecule has 3 aliphatic rings. The van der Waals surface area contributed by atoms with Crippen LogP contribution in [-0.2, 0) is 10.9 Å². The molecule has 2 aromatic rings. The second kappa shape index (κ2) is 9.57. The molecular formula is C24H25F5N6O. The van der Waals surface area contributed by atoms with Gasteiger partial charge in [0.1, 0.15) is 23.9 Å². The Labute approximate surface area is 204 Å². The minimum Gasteiger partial charge on any atom is -0.491 e. The number of hydrogen-bond donors (Lipinski definition) is 2. The number of aliphatic imine (C=N–C) groups is 1. The van der Waals surface area contributed by atoms with E-state index in [-0.39, 0.29) is 18.7 Å². The lowest BCUT2D eigenvalue weighted by molar-refractivity contribution is -0.141. The Bertz CT molecular complexity index is 1160. The summed E-state index contributed by atoms with van der Waals surface area (Å²) in [5.41, 5.74) is 0.0634. The highest BCUT2D eigenvalue weighted by molar-refractivity contribution is 5.82. The number of rotatable bonds is 3. The number of hydrogen-bond acceptors (Lipinski definition) is 7. The number of piperidine rings is 1. The molecule has 0 amide bonds. The second-order valence-corrected chi connectivity index (χ2v) is 9.04. The number of morpholine rings is 1. The summed E-state index contributed by atoms with van der Waals surface area (Å²) in [7, 11) is 1.82. The van der Waals surface area contributed by atoms with Crippen LogP contribution in [0.2, 0.25) is 0 Å². The number of halogens is 5. The smallest absolute Gasteiger partial charge is 0.433 e. The van der Waals surface area contributed by atoms with Crippen molar-refractivity contribution in [2.45, 2.75) is 37.3 Å². The van der Waals surface area contributed by atoms with Gasteiger partial charge in [-0.05, 0) is 49.7 Å². The lowest BCUT2D eigenvalue weighted by Crippen LogP contribution is -2.52. The first-order chi connectivity index (χ1) is 17.2. The van der Waals surface area contributed by atoms with Crippen molar-refractivity contribution in [1.82, 2.24) is 20.5 Å². The number of fused-ring (bicyclic) bond motifs is 1. The van der Waals surface area contributed by atoms with Crippen molar-refractivity contribution < 1.29 is 26.7 Å². The molecule has 192 valence electrons. The van der Waals surface area contributed by atoms with Crippen LogP contribution in [0.15, 0.2) is 53.5 Å². The van der Waals surface area contributed by atoms with Gasteiger partial charge >= 0.3 is 6.18 Å². The lowest BCUT2D eigenvalue weighted by Gasteiger charge is -2.41. The summed E-state index contributed by atoms with van der Waals surface area (Å²) in [6.07, 6.45) is -0.668. The zero-order valence-electron chi connectivity index (χ0n) is 19.4. The fraction of sp³-hybridized carbons (Fsp3) is 0.417. The average Bonchev–Trinajstić information content (AvgIpc) is 2.84. The fourth-order valence-electron chi connectivity index (χ4n) is 4.73. The molecule has 7 nitrogen and oxygen atoms in total. The SMILES string of the molecule is CN1C2N=C(NC3CCN(c4ccnc(C(F)(F)F)c4)CC3)NC=C2OCC1c1cc(F)cc(F)c1. The Balaban J connectivity index is 1.22. The number of nitrogens with zero attached hydrogens (tertiary/aromatic N) is 4. The van der Waals surface area contributed by atoms with E-state index in [0.29, 0.717) is 48.9 Å². The molecule has 2 saturated heterocycles. The normalized spacial score (nSPS) is 23.2. The number of ether oxygens (including phenoxy) is 1. The molecule has 0 saturated carbocycles. The van der Waals surface area contributed by atoms with Gasteiger partial charge in [-0.25, -0.2) is 13.8 Å². The summed E-state index contributed by atoms with van der Waals surface area (Å²) in [4.78, 5) is 11.9. The van der Waals surface area contributed by atoms with Gasteiger partial charge in [-0.15, -0.1) is 0 Å². The van der Waals surface area contributed by atoms with Gasteiger partial charge in [-0.3, -0.25) is 9.88 Å². The van der Waals surface area contributed by atoms with Gasteiger partial charge in [-0.1, -0.05) is 0 Å². The van der Waals surface area contributed by atoms with Crippen LogP contribution in [0.25, 0.3) is 0 Å². The van der Waals surface area contributed by atoms with Crippen molar-refractivity contribution in [3.05, 3.63) is 71.4 Å². The minimum atomic E-state index is -4.48. The van der Waals surface area contributed by atoms with Crippen molar-refractivity contribution in [2.24, 2.45) is 4.99 Å². The van der Waals surface area contributed by atoms with Crippen LogP contribution in [0.5, 0.6) is 0 Å². The second-order valence-electron chi connectivity index (χ2n) is 9.04. The Morgan fingerprint density at radius 1 is 1.08 bits per heavy atom. The number of guanidine groups is 1. The predicted molar refractivity (Wildman–Crippen MR) is 123 cm³/mol. The molecule has 4 heterocycles. The summed E-state index contributed by atoms with van der Waals surface area (Å²) < 4.78 is 72.3. The van der Waals surface area contributed by atoms with Crippen molar-refractivity contribution >= 4 is 11.6 Å². The summed E-state index contributed by atoms with van der Waals surface area (Å²) in [6.45, 7) is 1.38. The third-order valence-electron chi connectivity index (χ3n) is 6.65. The van der Waals surface area contributed by atoms with Crippen LogP contribution in [-0.4, -0.2) is 54.8 Å². The maximum absolute atomic E-state index is 13.8. The third kappa shape index (κ3) is 5.08. The Hall–Kier alpha value is -3.41. The zero-order chi connectivity index (χ0) is 25.4. The van der Waals surface area contributed by atoms with Crippen LogP contribution in [0.1, 0.15) is 30.1 Å². The van der Waals surface area contributed by atoms with Crippen LogP contribution in [0, 0.1) is 11.6 Å². The quantitative estimate of drug-likeness (QED) is 0.616. The summed E-state index contributed by atoms with van der Waals surface area (Å²) in [5, 5.41) is 6.45. The summed E-state index contributed by atoms with van der Waals surface area (Å²) in [5.74, 6) is -0.163. The average molecular weight is 508 g/mol. The molecule has 36 heavy (non-hydrogen) atoms. The van der Waals surface area contributed by atoms with Crippen LogP contribution < -0.4 is 15.5 Å².